The van der Waals surface area contributed by atoms with E-state index in [0.717, 1.165) is 65.1 Å². The van der Waals surface area contributed by atoms with Crippen LogP contribution < -0.4 is 5.19 Å². The fourth-order valence-electron chi connectivity index (χ4n) is 4.94. The van der Waals surface area contributed by atoms with E-state index < -0.39 is 33.8 Å². The van der Waals surface area contributed by atoms with Crippen molar-refractivity contribution in [3.63, 3.8) is 0 Å². The van der Waals surface area contributed by atoms with E-state index in [1.165, 1.54) is 0 Å². The molecule has 0 unspecified atom stereocenters. The Hall–Kier alpha value is -0.292. The molecule has 0 N–H and O–H groups in total. The smallest absolute Gasteiger partial charge is 0.413 e. The first-order valence-electron chi connectivity index (χ1n) is 13.5. The first kappa shape index (κ1) is 30.7. The Morgan fingerprint density at radius 1 is 0.576 bits per heavy atom. The summed E-state index contributed by atoms with van der Waals surface area (Å²) >= 11 is 0. The van der Waals surface area contributed by atoms with Gasteiger partial charge in [-0.2, -0.15) is 0 Å². The van der Waals surface area contributed by atoms with Gasteiger partial charge in [0.2, 0.25) is 0 Å². The van der Waals surface area contributed by atoms with Gasteiger partial charge < -0.3 is 12.3 Å². The van der Waals surface area contributed by atoms with E-state index in [2.05, 4.69) is 93.2 Å². The van der Waals surface area contributed by atoms with Crippen molar-refractivity contribution >= 4 is 45.0 Å². The average molecular weight is 525 g/mol. The van der Waals surface area contributed by atoms with Crippen LogP contribution in [0.2, 0.25) is 54.4 Å². The van der Waals surface area contributed by atoms with Gasteiger partial charge >= 0.3 is 8.80 Å². The molecule has 0 aliphatic heterocycles. The summed E-state index contributed by atoms with van der Waals surface area (Å²) in [4.78, 5) is 0. The maximum absolute atomic E-state index is 7.58. The predicted octanol–water partition coefficient (Wildman–Crippen LogP) is 8.54. The quantitative estimate of drug-likeness (QED) is 0.191. The largest absolute Gasteiger partial charge is 0.506 e. The minimum atomic E-state index is -3.22. The van der Waals surface area contributed by atoms with E-state index in [-0.39, 0.29) is 0 Å². The molecule has 0 aliphatic rings. The Kier molecular flexibility index (Phi) is 12.8. The summed E-state index contributed by atoms with van der Waals surface area (Å²) in [5.74, 6) is 0. The Balaban J connectivity index is 4.02. The van der Waals surface area contributed by atoms with Crippen LogP contribution in [0, 0.1) is 0 Å². The molecule has 0 aromatic heterocycles. The second-order valence-electron chi connectivity index (χ2n) is 9.38. The standard InChI is InChI=1S/C26H52O3Si4/c1-11-25-23-21-22-24-26(25)33(27-30(12-2,13-3)14-4,28-31(15-5,16-6)17-7)29-32(18-8,19-9)20-10/h11,21-24H,1,12-20H2,2-10H3. The third-order valence-electron chi connectivity index (χ3n) is 8.36. The third-order valence-corrected chi connectivity index (χ3v) is 29.5. The molecule has 0 atom stereocenters. The van der Waals surface area contributed by atoms with Crippen LogP contribution in [-0.2, 0) is 12.3 Å². The van der Waals surface area contributed by atoms with Crippen molar-refractivity contribution < 1.29 is 12.3 Å². The summed E-state index contributed by atoms with van der Waals surface area (Å²) in [6.45, 7) is 25.0. The highest BCUT2D eigenvalue weighted by molar-refractivity contribution is 6.97. The molecule has 0 aliphatic carbocycles. The zero-order chi connectivity index (χ0) is 25.2. The van der Waals surface area contributed by atoms with E-state index in [9.17, 15) is 0 Å². The molecule has 0 fully saturated rings. The molecular formula is C26H52O3Si4. The van der Waals surface area contributed by atoms with Crippen molar-refractivity contribution in [1.82, 2.24) is 0 Å². The van der Waals surface area contributed by atoms with Gasteiger partial charge in [0.15, 0.2) is 25.0 Å². The lowest BCUT2D eigenvalue weighted by Crippen LogP contribution is -2.70. The minimum absolute atomic E-state index is 1.09. The summed E-state index contributed by atoms with van der Waals surface area (Å²) < 4.78 is 22.7. The number of hydrogen-bond donors (Lipinski definition) is 0. The molecule has 0 amide bonds. The molecule has 7 heteroatoms. The van der Waals surface area contributed by atoms with Crippen molar-refractivity contribution in [2.75, 3.05) is 0 Å². The van der Waals surface area contributed by atoms with E-state index in [1.807, 2.05) is 6.08 Å². The highest BCUT2D eigenvalue weighted by Gasteiger charge is 2.57. The Labute approximate surface area is 210 Å². The minimum Gasteiger partial charge on any atom is -0.413 e. The molecule has 0 radical (unpaired) electrons. The number of rotatable bonds is 17. The zero-order valence-electron chi connectivity index (χ0n) is 23.2. The molecule has 0 spiro atoms. The van der Waals surface area contributed by atoms with Crippen LogP contribution in [0.3, 0.4) is 0 Å². The summed E-state index contributed by atoms with van der Waals surface area (Å²) in [5.41, 5.74) is 1.12. The van der Waals surface area contributed by atoms with Crippen LogP contribution in [-0.4, -0.2) is 33.8 Å². The molecule has 1 aromatic carbocycles. The fraction of sp³-hybridized carbons (Fsp3) is 0.692. The molecule has 1 aromatic rings. The molecule has 3 nitrogen and oxygen atoms in total. The monoisotopic (exact) mass is 524 g/mol. The zero-order valence-corrected chi connectivity index (χ0v) is 27.2. The Morgan fingerprint density at radius 2 is 0.879 bits per heavy atom. The van der Waals surface area contributed by atoms with Crippen LogP contribution >= 0.6 is 0 Å². The van der Waals surface area contributed by atoms with Crippen LogP contribution in [0.25, 0.3) is 6.08 Å². The lowest BCUT2D eigenvalue weighted by molar-refractivity contribution is 0.259. The van der Waals surface area contributed by atoms with Gasteiger partial charge in [-0.15, -0.1) is 0 Å². The molecule has 0 bridgehead atoms. The van der Waals surface area contributed by atoms with Crippen molar-refractivity contribution in [3.05, 3.63) is 36.4 Å². The van der Waals surface area contributed by atoms with Gasteiger partial charge in [0.05, 0.1) is 0 Å². The van der Waals surface area contributed by atoms with Gasteiger partial charge in [0, 0.05) is 5.19 Å². The van der Waals surface area contributed by atoms with Gasteiger partial charge in [-0.1, -0.05) is 99.2 Å². The van der Waals surface area contributed by atoms with E-state index >= 15 is 0 Å². The first-order valence-corrected chi connectivity index (χ1v) is 22.9. The maximum Gasteiger partial charge on any atom is 0.506 e. The molecule has 0 saturated carbocycles. The van der Waals surface area contributed by atoms with E-state index in [1.54, 1.807) is 0 Å². The van der Waals surface area contributed by atoms with Crippen LogP contribution in [0.15, 0.2) is 30.8 Å². The molecule has 0 saturated heterocycles. The summed E-state index contributed by atoms with van der Waals surface area (Å²) in [7, 11) is -9.29. The van der Waals surface area contributed by atoms with E-state index in [0.29, 0.717) is 0 Å². The number of benzene rings is 1. The molecular weight excluding hydrogens is 473 g/mol. The highest BCUT2D eigenvalue weighted by Crippen LogP contribution is 2.37. The van der Waals surface area contributed by atoms with Gasteiger partial charge in [-0.05, 0) is 60.0 Å². The highest BCUT2D eigenvalue weighted by atomic mass is 28.5. The lowest BCUT2D eigenvalue weighted by atomic mass is 10.2. The van der Waals surface area contributed by atoms with Crippen molar-refractivity contribution in [2.45, 2.75) is 117 Å². The Morgan fingerprint density at radius 3 is 1.15 bits per heavy atom. The van der Waals surface area contributed by atoms with Crippen LogP contribution in [0.5, 0.6) is 0 Å². The predicted molar refractivity (Wildman–Crippen MR) is 157 cm³/mol. The molecule has 190 valence electrons. The van der Waals surface area contributed by atoms with Gasteiger partial charge in [0.25, 0.3) is 0 Å². The SMILES string of the molecule is C=Cc1ccccc1[Si](O[Si](CC)(CC)CC)(O[Si](CC)(CC)CC)O[Si](CC)(CC)CC. The van der Waals surface area contributed by atoms with Crippen molar-refractivity contribution in [1.29, 1.82) is 0 Å². The van der Waals surface area contributed by atoms with Crippen LogP contribution in [0.1, 0.15) is 67.9 Å². The lowest BCUT2D eigenvalue weighted by Gasteiger charge is -2.48. The van der Waals surface area contributed by atoms with Crippen LogP contribution in [0.4, 0.5) is 0 Å². The van der Waals surface area contributed by atoms with Gasteiger partial charge in [0.1, 0.15) is 0 Å². The molecule has 33 heavy (non-hydrogen) atoms. The summed E-state index contributed by atoms with van der Waals surface area (Å²) in [6.07, 6.45) is 1.97. The number of hydrogen-bond acceptors (Lipinski definition) is 3. The van der Waals surface area contributed by atoms with Gasteiger partial charge in [-0.3, -0.25) is 0 Å². The third kappa shape index (κ3) is 6.89. The van der Waals surface area contributed by atoms with Gasteiger partial charge in [-0.25, -0.2) is 0 Å². The molecule has 1 rings (SSSR count). The maximum atomic E-state index is 7.58. The second kappa shape index (κ2) is 13.7. The first-order chi connectivity index (χ1) is 15.7. The fourth-order valence-corrected chi connectivity index (χ4v) is 25.3. The second-order valence-corrected chi connectivity index (χ2v) is 26.9. The topological polar surface area (TPSA) is 27.7 Å². The Bertz CT molecular complexity index is 633. The van der Waals surface area contributed by atoms with Crippen molar-refractivity contribution in [3.8, 4) is 0 Å². The van der Waals surface area contributed by atoms with E-state index in [4.69, 9.17) is 12.3 Å². The van der Waals surface area contributed by atoms with Crippen molar-refractivity contribution in [2.24, 2.45) is 0 Å². The summed E-state index contributed by atoms with van der Waals surface area (Å²) in [6, 6.07) is 18.4. The summed E-state index contributed by atoms with van der Waals surface area (Å²) in [5, 5.41) is 1.16. The molecule has 0 heterocycles. The normalized spacial score (nSPS) is 13.4. The average Bonchev–Trinajstić information content (AvgIpc) is 2.89.